The highest BCUT2D eigenvalue weighted by Crippen LogP contribution is 2.20. The van der Waals surface area contributed by atoms with E-state index in [1.165, 1.54) is 12.3 Å². The van der Waals surface area contributed by atoms with Crippen LogP contribution in [0.2, 0.25) is 0 Å². The average Bonchev–Trinajstić information content (AvgIpc) is 3.37. The molecular weight excluding hydrogens is 409 g/mol. The van der Waals surface area contributed by atoms with Gasteiger partial charge >= 0.3 is 0 Å². The first-order chi connectivity index (χ1) is 15.6. The number of hydrogen-bond donors (Lipinski definition) is 2. The first kappa shape index (κ1) is 21.4. The Morgan fingerprint density at radius 2 is 1.78 bits per heavy atom. The zero-order chi connectivity index (χ0) is 22.3. The number of aliphatic imine (C=N–C) groups is 1. The van der Waals surface area contributed by atoms with Crippen molar-refractivity contribution in [3.63, 3.8) is 0 Å². The molecule has 166 valence electrons. The predicted molar refractivity (Wildman–Crippen MR) is 123 cm³/mol. The van der Waals surface area contributed by atoms with Gasteiger partial charge in [-0.1, -0.05) is 24.3 Å². The highest BCUT2D eigenvalue weighted by atomic mass is 19.1. The number of guanidine groups is 1. The number of rotatable bonds is 5. The minimum Gasteiger partial charge on any atom is -0.459 e. The van der Waals surface area contributed by atoms with Crippen molar-refractivity contribution in [1.82, 2.24) is 10.2 Å². The molecule has 0 atom stereocenters. The molecule has 0 spiro atoms. The second-order valence-electron chi connectivity index (χ2n) is 7.45. The Bertz CT molecular complexity index is 1060. The van der Waals surface area contributed by atoms with E-state index in [1.54, 1.807) is 25.2 Å². The zero-order valence-electron chi connectivity index (χ0n) is 17.9. The Hall–Kier alpha value is -3.81. The summed E-state index contributed by atoms with van der Waals surface area (Å²) in [6, 6.07) is 17.8. The monoisotopic (exact) mass is 435 g/mol. The number of para-hydroxylation sites is 1. The molecule has 7 nitrogen and oxygen atoms in total. The van der Waals surface area contributed by atoms with E-state index in [1.807, 2.05) is 36.4 Å². The van der Waals surface area contributed by atoms with E-state index in [4.69, 9.17) is 4.42 Å². The summed E-state index contributed by atoms with van der Waals surface area (Å²) in [4.78, 5) is 20.7. The van der Waals surface area contributed by atoms with Gasteiger partial charge in [0.05, 0.1) is 12.0 Å². The number of carbonyl (C=O) groups is 1. The highest BCUT2D eigenvalue weighted by molar-refractivity contribution is 6.02. The third kappa shape index (κ3) is 5.08. The van der Waals surface area contributed by atoms with E-state index in [2.05, 4.69) is 25.4 Å². The molecule has 2 N–H and O–H groups in total. The zero-order valence-corrected chi connectivity index (χ0v) is 17.9. The normalized spacial score (nSPS) is 14.4. The Balaban J connectivity index is 1.27. The van der Waals surface area contributed by atoms with Gasteiger partial charge in [0, 0.05) is 45.5 Å². The molecule has 1 saturated heterocycles. The van der Waals surface area contributed by atoms with Crippen molar-refractivity contribution in [2.24, 2.45) is 4.99 Å². The molecule has 1 fully saturated rings. The summed E-state index contributed by atoms with van der Waals surface area (Å²) < 4.78 is 19.2. The highest BCUT2D eigenvalue weighted by Gasteiger charge is 2.21. The van der Waals surface area contributed by atoms with Crippen LogP contribution < -0.4 is 15.5 Å². The lowest BCUT2D eigenvalue weighted by Gasteiger charge is -2.37. The van der Waals surface area contributed by atoms with E-state index in [0.29, 0.717) is 17.9 Å². The van der Waals surface area contributed by atoms with E-state index in [9.17, 15) is 9.18 Å². The Kier molecular flexibility index (Phi) is 6.69. The molecule has 8 heteroatoms. The van der Waals surface area contributed by atoms with Gasteiger partial charge in [-0.15, -0.1) is 0 Å². The van der Waals surface area contributed by atoms with Crippen LogP contribution >= 0.6 is 0 Å². The topological polar surface area (TPSA) is 73.1 Å². The average molecular weight is 436 g/mol. The van der Waals surface area contributed by atoms with E-state index < -0.39 is 0 Å². The van der Waals surface area contributed by atoms with E-state index in [0.717, 1.165) is 37.7 Å². The van der Waals surface area contributed by atoms with Gasteiger partial charge in [-0.3, -0.25) is 9.79 Å². The van der Waals surface area contributed by atoms with Gasteiger partial charge < -0.3 is 24.9 Å². The number of amides is 1. The molecule has 1 aromatic heterocycles. The predicted octanol–water partition coefficient (Wildman–Crippen LogP) is 3.57. The lowest BCUT2D eigenvalue weighted by Crippen LogP contribution is -2.52. The molecule has 4 rings (SSSR count). The fraction of sp³-hybridized carbons (Fsp3) is 0.250. The van der Waals surface area contributed by atoms with Gasteiger partial charge in [-0.25, -0.2) is 4.39 Å². The molecule has 3 aromatic rings. The lowest BCUT2D eigenvalue weighted by molar-refractivity contribution is 0.0996. The molecule has 1 amide bonds. The van der Waals surface area contributed by atoms with Gasteiger partial charge in [0.15, 0.2) is 11.7 Å². The lowest BCUT2D eigenvalue weighted by atomic mass is 10.2. The van der Waals surface area contributed by atoms with Crippen LogP contribution in [0.5, 0.6) is 0 Å². The van der Waals surface area contributed by atoms with Crippen LogP contribution in [0.3, 0.4) is 0 Å². The van der Waals surface area contributed by atoms with Crippen molar-refractivity contribution in [1.29, 1.82) is 0 Å². The maximum atomic E-state index is 14.1. The number of nitrogens with one attached hydrogen (secondary N) is 2. The van der Waals surface area contributed by atoms with Crippen molar-refractivity contribution in [3.05, 3.63) is 84.1 Å². The number of hydrogen-bond acceptors (Lipinski definition) is 4. The number of furan rings is 1. The maximum Gasteiger partial charge on any atom is 0.291 e. The third-order valence-electron chi connectivity index (χ3n) is 5.39. The van der Waals surface area contributed by atoms with Gasteiger partial charge in [0.1, 0.15) is 5.82 Å². The SMILES string of the molecule is CN=C(NCc1ccc(NC(=O)c2ccco2)cc1)N1CCN(c2ccccc2F)CC1. The van der Waals surface area contributed by atoms with Gasteiger partial charge in [0.25, 0.3) is 5.91 Å². The Labute approximate surface area is 186 Å². The Morgan fingerprint density at radius 1 is 1.03 bits per heavy atom. The number of piperazine rings is 1. The van der Waals surface area contributed by atoms with Gasteiger partial charge in [0.2, 0.25) is 0 Å². The fourth-order valence-electron chi connectivity index (χ4n) is 3.69. The number of halogens is 1. The quantitative estimate of drug-likeness (QED) is 0.474. The minimum absolute atomic E-state index is 0.188. The summed E-state index contributed by atoms with van der Waals surface area (Å²) in [5, 5.41) is 6.19. The van der Waals surface area contributed by atoms with Crippen molar-refractivity contribution >= 4 is 23.2 Å². The second kappa shape index (κ2) is 10.00. The number of nitrogens with zero attached hydrogens (tertiary/aromatic N) is 3. The van der Waals surface area contributed by atoms with Crippen molar-refractivity contribution in [2.75, 3.05) is 43.4 Å². The standard InChI is InChI=1S/C24H26FN5O2/c1-26-24(30-14-12-29(13-15-30)21-6-3-2-5-20(21)25)27-17-18-8-10-19(11-9-18)28-23(31)22-7-4-16-32-22/h2-11,16H,12-15,17H2,1H3,(H,26,27)(H,28,31). The maximum absolute atomic E-state index is 14.1. The van der Waals surface area contributed by atoms with Crippen LogP contribution in [0.15, 0.2) is 76.3 Å². The molecular formula is C24H26FN5O2. The summed E-state index contributed by atoms with van der Waals surface area (Å²) >= 11 is 0. The summed E-state index contributed by atoms with van der Waals surface area (Å²) in [7, 11) is 1.76. The first-order valence-electron chi connectivity index (χ1n) is 10.5. The molecule has 0 aliphatic carbocycles. The largest absolute Gasteiger partial charge is 0.459 e. The molecule has 1 aliphatic heterocycles. The van der Waals surface area contributed by atoms with Crippen molar-refractivity contribution in [3.8, 4) is 0 Å². The molecule has 1 aliphatic rings. The van der Waals surface area contributed by atoms with Gasteiger partial charge in [-0.05, 0) is 42.0 Å². The molecule has 0 unspecified atom stereocenters. The first-order valence-corrected chi connectivity index (χ1v) is 10.5. The van der Waals surface area contributed by atoms with Crippen molar-refractivity contribution < 1.29 is 13.6 Å². The van der Waals surface area contributed by atoms with E-state index >= 15 is 0 Å². The summed E-state index contributed by atoms with van der Waals surface area (Å²) in [6.45, 7) is 3.57. The summed E-state index contributed by atoms with van der Waals surface area (Å²) in [6.07, 6.45) is 1.47. The van der Waals surface area contributed by atoms with Crippen LogP contribution in [-0.2, 0) is 6.54 Å². The van der Waals surface area contributed by atoms with Crippen LogP contribution in [-0.4, -0.2) is 50.0 Å². The smallest absolute Gasteiger partial charge is 0.291 e. The summed E-state index contributed by atoms with van der Waals surface area (Å²) in [5.74, 6) is 0.617. The molecule has 2 heterocycles. The van der Waals surface area contributed by atoms with Gasteiger partial charge in [-0.2, -0.15) is 0 Å². The fourth-order valence-corrected chi connectivity index (χ4v) is 3.69. The van der Waals surface area contributed by atoms with Crippen LogP contribution in [0.1, 0.15) is 16.1 Å². The molecule has 0 saturated carbocycles. The summed E-state index contributed by atoms with van der Waals surface area (Å²) in [5.41, 5.74) is 2.41. The number of benzene rings is 2. The number of anilines is 2. The van der Waals surface area contributed by atoms with Crippen LogP contribution in [0.25, 0.3) is 0 Å². The van der Waals surface area contributed by atoms with Crippen LogP contribution in [0, 0.1) is 5.82 Å². The molecule has 0 radical (unpaired) electrons. The molecule has 2 aromatic carbocycles. The Morgan fingerprint density at radius 3 is 2.44 bits per heavy atom. The minimum atomic E-state index is -0.282. The third-order valence-corrected chi connectivity index (χ3v) is 5.39. The number of carbonyl (C=O) groups excluding carboxylic acids is 1. The van der Waals surface area contributed by atoms with E-state index in [-0.39, 0.29) is 17.5 Å². The van der Waals surface area contributed by atoms with Crippen molar-refractivity contribution in [2.45, 2.75) is 6.54 Å². The second-order valence-corrected chi connectivity index (χ2v) is 7.45. The molecule has 0 bridgehead atoms. The molecule has 32 heavy (non-hydrogen) atoms. The van der Waals surface area contributed by atoms with Crippen LogP contribution in [0.4, 0.5) is 15.8 Å².